The molecule has 0 bridgehead atoms. The molecular weight excluding hydrogens is 111 g/mol. The molecule has 0 spiro atoms. The topological polar surface area (TPSA) is 29.1 Å². The quantitative estimate of drug-likeness (QED) is 0.485. The van der Waals surface area contributed by atoms with Gasteiger partial charge < -0.3 is 0 Å². The van der Waals surface area contributed by atoms with Gasteiger partial charge in [-0.05, 0) is 0 Å². The molecule has 0 saturated heterocycles. The molecule has 1 amide bonds. The molecule has 0 aromatic carbocycles. The highest BCUT2D eigenvalue weighted by Gasteiger charge is 2.12. The molecule has 0 radical (unpaired) electrons. The third-order valence-electron chi connectivity index (χ3n) is 0.291. The summed E-state index contributed by atoms with van der Waals surface area (Å²) in [5.41, 5.74) is 0.275. The first kappa shape index (κ1) is 6.26. The third kappa shape index (κ3) is 2.02. The highest BCUT2D eigenvalue weighted by molar-refractivity contribution is 5.77. The van der Waals surface area contributed by atoms with Crippen LogP contribution in [0.2, 0.25) is 0 Å². The predicted octanol–water partition coefficient (Wildman–Crippen LogP) is 0.252. The van der Waals surface area contributed by atoms with Gasteiger partial charge in [-0.2, -0.15) is 14.3 Å². The molecule has 42 valence electrons. The Labute approximate surface area is 37.2 Å². The van der Waals surface area contributed by atoms with E-state index in [1.165, 1.54) is 0 Å². The standard InChI is InChI=1S/C2H2F3NO/c3-1(4)2(7)6-5/h1H,(H,6,7). The number of amides is 1. The van der Waals surface area contributed by atoms with Gasteiger partial charge in [0.15, 0.2) is 0 Å². The molecule has 0 aromatic heterocycles. The Bertz CT molecular complexity index is 73.3. The van der Waals surface area contributed by atoms with E-state index in [2.05, 4.69) is 0 Å². The second-order valence-electron chi connectivity index (χ2n) is 0.759. The van der Waals surface area contributed by atoms with Crippen LogP contribution in [0.3, 0.4) is 0 Å². The molecule has 0 aliphatic rings. The maximum Gasteiger partial charge on any atom is 0.317 e. The average molecular weight is 113 g/mol. The van der Waals surface area contributed by atoms with E-state index >= 15 is 0 Å². The van der Waals surface area contributed by atoms with Crippen LogP contribution >= 0.6 is 0 Å². The Balaban J connectivity index is 3.35. The largest absolute Gasteiger partial charge is 0.317 e. The summed E-state index contributed by atoms with van der Waals surface area (Å²) < 4.78 is 32.1. The summed E-state index contributed by atoms with van der Waals surface area (Å²) in [7, 11) is 0. The first-order chi connectivity index (χ1) is 3.18. The van der Waals surface area contributed by atoms with Gasteiger partial charge in [-0.15, -0.1) is 4.48 Å². The van der Waals surface area contributed by atoms with Crippen LogP contribution in [-0.4, -0.2) is 12.3 Å². The second-order valence-corrected chi connectivity index (χ2v) is 0.759. The van der Waals surface area contributed by atoms with Crippen LogP contribution in [0, 0.1) is 0 Å². The Morgan fingerprint density at radius 1 is 1.57 bits per heavy atom. The molecule has 0 saturated carbocycles. The van der Waals surface area contributed by atoms with Crippen molar-refractivity contribution < 1.29 is 18.1 Å². The second kappa shape index (κ2) is 2.44. The summed E-state index contributed by atoms with van der Waals surface area (Å²) in [6.07, 6.45) is -3.26. The lowest BCUT2D eigenvalue weighted by Gasteiger charge is -1.88. The molecule has 0 fully saturated rings. The van der Waals surface area contributed by atoms with Gasteiger partial charge in [-0.1, -0.05) is 0 Å². The predicted molar refractivity (Wildman–Crippen MR) is 15.3 cm³/mol. The lowest BCUT2D eigenvalue weighted by atomic mass is 10.7. The maximum absolute atomic E-state index is 10.8. The molecule has 0 heterocycles. The number of halogens is 3. The van der Waals surface area contributed by atoms with Crippen molar-refractivity contribution >= 4 is 5.91 Å². The zero-order valence-corrected chi connectivity index (χ0v) is 3.12. The van der Waals surface area contributed by atoms with Crippen LogP contribution in [0.5, 0.6) is 0 Å². The van der Waals surface area contributed by atoms with Crippen LogP contribution in [0.1, 0.15) is 0 Å². The van der Waals surface area contributed by atoms with Gasteiger partial charge in [0.25, 0.3) is 0 Å². The van der Waals surface area contributed by atoms with Gasteiger partial charge >= 0.3 is 12.3 Å². The summed E-state index contributed by atoms with van der Waals surface area (Å²) in [6, 6.07) is 0. The van der Waals surface area contributed by atoms with Crippen molar-refractivity contribution in [1.82, 2.24) is 5.54 Å². The summed E-state index contributed by atoms with van der Waals surface area (Å²) in [4.78, 5) is 9.28. The van der Waals surface area contributed by atoms with Crippen molar-refractivity contribution in [3.63, 3.8) is 0 Å². The number of hydrogen-bond donors (Lipinski definition) is 1. The molecule has 0 aliphatic carbocycles. The number of hydrogen-bond acceptors (Lipinski definition) is 1. The number of rotatable bonds is 1. The molecule has 0 aromatic rings. The maximum atomic E-state index is 10.8. The van der Waals surface area contributed by atoms with E-state index in [-0.39, 0.29) is 5.54 Å². The minimum absolute atomic E-state index is 0.275. The number of carbonyl (C=O) groups excluding carboxylic acids is 1. The van der Waals surface area contributed by atoms with E-state index in [0.29, 0.717) is 0 Å². The fourth-order valence-electron chi connectivity index (χ4n) is 0.0412. The van der Waals surface area contributed by atoms with Crippen LogP contribution in [0.15, 0.2) is 0 Å². The molecule has 0 unspecified atom stereocenters. The third-order valence-corrected chi connectivity index (χ3v) is 0.291. The summed E-state index contributed by atoms with van der Waals surface area (Å²) in [5, 5.41) is 0. The van der Waals surface area contributed by atoms with Crippen molar-refractivity contribution in [3.05, 3.63) is 0 Å². The van der Waals surface area contributed by atoms with Gasteiger partial charge in [-0.25, -0.2) is 0 Å². The summed E-state index contributed by atoms with van der Waals surface area (Å²) in [5.74, 6) is -1.90. The van der Waals surface area contributed by atoms with Crippen molar-refractivity contribution in [2.24, 2.45) is 0 Å². The van der Waals surface area contributed by atoms with Gasteiger partial charge in [0, 0.05) is 0 Å². The molecule has 1 N–H and O–H groups in total. The molecule has 7 heavy (non-hydrogen) atoms. The van der Waals surface area contributed by atoms with Crippen molar-refractivity contribution in [2.45, 2.75) is 6.43 Å². The minimum Gasteiger partial charge on any atom is -0.266 e. The van der Waals surface area contributed by atoms with Gasteiger partial charge in [-0.3, -0.25) is 4.79 Å². The molecule has 0 aliphatic heterocycles. The average Bonchev–Trinajstić information content (AvgIpc) is 1.65. The molecule has 2 nitrogen and oxygen atoms in total. The zero-order valence-electron chi connectivity index (χ0n) is 3.12. The molecular formula is C2H2F3NO. The summed E-state index contributed by atoms with van der Waals surface area (Å²) >= 11 is 0. The van der Waals surface area contributed by atoms with E-state index in [1.54, 1.807) is 0 Å². The fourth-order valence-corrected chi connectivity index (χ4v) is 0.0412. The van der Waals surface area contributed by atoms with E-state index in [4.69, 9.17) is 0 Å². The lowest BCUT2D eigenvalue weighted by Crippen LogP contribution is -2.21. The van der Waals surface area contributed by atoms with Crippen molar-refractivity contribution in [1.29, 1.82) is 0 Å². The lowest BCUT2D eigenvalue weighted by molar-refractivity contribution is -0.136. The molecule has 0 atom stereocenters. The summed E-state index contributed by atoms with van der Waals surface area (Å²) in [6.45, 7) is 0. The Morgan fingerprint density at radius 3 is 2.00 bits per heavy atom. The highest BCUT2D eigenvalue weighted by Crippen LogP contribution is 1.88. The first-order valence-corrected chi connectivity index (χ1v) is 1.37. The zero-order chi connectivity index (χ0) is 5.86. The SMILES string of the molecule is O=C(NF)C(F)F. The minimum atomic E-state index is -3.26. The first-order valence-electron chi connectivity index (χ1n) is 1.37. The Kier molecular flexibility index (Phi) is 2.18. The fraction of sp³-hybridized carbons (Fsp3) is 0.500. The van der Waals surface area contributed by atoms with Gasteiger partial charge in [0.05, 0.1) is 0 Å². The van der Waals surface area contributed by atoms with Crippen molar-refractivity contribution in [3.8, 4) is 0 Å². The van der Waals surface area contributed by atoms with E-state index in [1.807, 2.05) is 0 Å². The van der Waals surface area contributed by atoms with Gasteiger partial charge in [0.2, 0.25) is 0 Å². The smallest absolute Gasteiger partial charge is 0.266 e. The van der Waals surface area contributed by atoms with Crippen LogP contribution in [0.25, 0.3) is 0 Å². The number of alkyl halides is 2. The van der Waals surface area contributed by atoms with Crippen LogP contribution < -0.4 is 5.54 Å². The molecule has 5 heteroatoms. The normalized spacial score (nSPS) is 9.14. The Hall–Kier alpha value is -0.740. The Morgan fingerprint density at radius 2 is 2.00 bits per heavy atom. The molecule has 0 rings (SSSR count). The van der Waals surface area contributed by atoms with Crippen molar-refractivity contribution in [2.75, 3.05) is 0 Å². The monoisotopic (exact) mass is 113 g/mol. The van der Waals surface area contributed by atoms with Gasteiger partial charge in [0.1, 0.15) is 0 Å². The van der Waals surface area contributed by atoms with E-state index in [0.717, 1.165) is 0 Å². The van der Waals surface area contributed by atoms with E-state index in [9.17, 15) is 18.1 Å². The van der Waals surface area contributed by atoms with Crippen LogP contribution in [-0.2, 0) is 4.79 Å². The van der Waals surface area contributed by atoms with E-state index < -0.39 is 12.3 Å². The highest BCUT2D eigenvalue weighted by atomic mass is 19.3. The van der Waals surface area contributed by atoms with Crippen LogP contribution in [0.4, 0.5) is 13.3 Å². The number of carbonyl (C=O) groups is 1. The number of nitrogens with one attached hydrogen (secondary N) is 1.